The maximum atomic E-state index is 13.3. The van der Waals surface area contributed by atoms with E-state index in [9.17, 15) is 24.6 Å². The molecule has 1 aliphatic rings. The minimum absolute atomic E-state index is 0.0275. The number of ketones is 2. The van der Waals surface area contributed by atoms with Crippen molar-refractivity contribution in [3.8, 4) is 11.5 Å². The zero-order valence-electron chi connectivity index (χ0n) is 19.6. The van der Waals surface area contributed by atoms with Gasteiger partial charge < -0.3 is 14.9 Å². The Balaban J connectivity index is 1.96. The average molecular weight is 453 g/mol. The number of aromatic hydroxyl groups is 2. The zero-order chi connectivity index (χ0) is 24.1. The number of carbonyl (C=O) groups excluding carboxylic acids is 3. The van der Waals surface area contributed by atoms with E-state index in [-0.39, 0.29) is 45.9 Å². The molecule has 3 rings (SSSR count). The summed E-state index contributed by atoms with van der Waals surface area (Å²) in [5.41, 5.74) is 0.348. The van der Waals surface area contributed by atoms with Crippen LogP contribution in [0.2, 0.25) is 0 Å². The topological polar surface area (TPSA) is 101 Å². The number of hydrogen-bond acceptors (Lipinski definition) is 6. The molecule has 0 aliphatic heterocycles. The number of hydrogen-bond donors (Lipinski definition) is 2. The molecule has 0 bridgehead atoms. The van der Waals surface area contributed by atoms with Gasteiger partial charge in [-0.2, -0.15) is 0 Å². The van der Waals surface area contributed by atoms with Gasteiger partial charge in [0.05, 0.1) is 23.3 Å². The molecular formula is C27H32O6. The number of carbonyl (C=O) groups is 3. The van der Waals surface area contributed by atoms with Gasteiger partial charge in [0, 0.05) is 11.1 Å². The van der Waals surface area contributed by atoms with Crippen molar-refractivity contribution in [1.29, 1.82) is 0 Å². The summed E-state index contributed by atoms with van der Waals surface area (Å²) in [7, 11) is 0. The van der Waals surface area contributed by atoms with Gasteiger partial charge >= 0.3 is 5.97 Å². The number of fused-ring (bicyclic) bond motifs is 2. The number of unbranched alkanes of at least 4 members (excludes halogenated alkanes) is 1. The molecule has 0 aromatic heterocycles. The summed E-state index contributed by atoms with van der Waals surface area (Å²) in [5, 5.41) is 21.6. The molecule has 0 saturated heterocycles. The first-order valence-electron chi connectivity index (χ1n) is 11.8. The second kappa shape index (κ2) is 10.6. The number of esters is 1. The third-order valence-electron chi connectivity index (χ3n) is 6.36. The molecule has 2 aromatic rings. The minimum Gasteiger partial charge on any atom is -0.507 e. The van der Waals surface area contributed by atoms with Crippen molar-refractivity contribution in [3.05, 3.63) is 57.6 Å². The van der Waals surface area contributed by atoms with E-state index >= 15 is 0 Å². The number of ether oxygens (including phenoxy) is 1. The minimum atomic E-state index is -0.586. The first-order chi connectivity index (χ1) is 15.8. The molecule has 33 heavy (non-hydrogen) atoms. The van der Waals surface area contributed by atoms with Gasteiger partial charge in [-0.25, -0.2) is 4.79 Å². The lowest BCUT2D eigenvalue weighted by Gasteiger charge is -2.22. The van der Waals surface area contributed by atoms with Crippen LogP contribution in [0.15, 0.2) is 24.3 Å². The van der Waals surface area contributed by atoms with Crippen LogP contribution in [0.4, 0.5) is 0 Å². The first kappa shape index (κ1) is 24.5. The Morgan fingerprint density at radius 1 is 0.939 bits per heavy atom. The Hall–Kier alpha value is -3.15. The molecule has 0 fully saturated rings. The predicted molar refractivity (Wildman–Crippen MR) is 125 cm³/mol. The summed E-state index contributed by atoms with van der Waals surface area (Å²) in [6.07, 6.45) is 6.32. The molecule has 2 N–H and O–H groups in total. The molecule has 0 saturated carbocycles. The van der Waals surface area contributed by atoms with Crippen molar-refractivity contribution in [1.82, 2.24) is 0 Å². The van der Waals surface area contributed by atoms with Crippen LogP contribution in [0.25, 0.3) is 0 Å². The summed E-state index contributed by atoms with van der Waals surface area (Å²) >= 11 is 0. The smallest absolute Gasteiger partial charge is 0.338 e. The summed E-state index contributed by atoms with van der Waals surface area (Å²) < 4.78 is 5.13. The van der Waals surface area contributed by atoms with E-state index in [2.05, 4.69) is 13.8 Å². The maximum Gasteiger partial charge on any atom is 0.338 e. The van der Waals surface area contributed by atoms with Gasteiger partial charge in [0.25, 0.3) is 0 Å². The quantitative estimate of drug-likeness (QED) is 0.307. The molecule has 176 valence electrons. The Morgan fingerprint density at radius 3 is 2.33 bits per heavy atom. The molecule has 1 unspecified atom stereocenters. The third-order valence-corrected chi connectivity index (χ3v) is 6.36. The number of phenols is 2. The molecule has 1 atom stereocenters. The summed E-state index contributed by atoms with van der Waals surface area (Å²) in [6, 6.07) is 5.55. The van der Waals surface area contributed by atoms with E-state index in [0.29, 0.717) is 24.3 Å². The lowest BCUT2D eigenvalue weighted by atomic mass is 9.80. The fourth-order valence-electron chi connectivity index (χ4n) is 4.36. The van der Waals surface area contributed by atoms with Crippen LogP contribution in [-0.2, 0) is 11.2 Å². The summed E-state index contributed by atoms with van der Waals surface area (Å²) in [6.45, 7) is 6.40. The Labute approximate surface area is 194 Å². The van der Waals surface area contributed by atoms with Crippen LogP contribution in [0, 0.1) is 5.92 Å². The van der Waals surface area contributed by atoms with Crippen molar-refractivity contribution in [3.63, 3.8) is 0 Å². The van der Waals surface area contributed by atoms with Crippen molar-refractivity contribution >= 4 is 17.5 Å². The van der Waals surface area contributed by atoms with Crippen LogP contribution in [-0.4, -0.2) is 34.4 Å². The SMILES string of the molecule is CCCCC(CC)CCc1cc(O)c2c(c1O)C(=O)c1cc(C(=O)OCCC)ccc1C2=O. The van der Waals surface area contributed by atoms with E-state index in [4.69, 9.17) is 4.74 Å². The van der Waals surface area contributed by atoms with Crippen LogP contribution in [0.5, 0.6) is 11.5 Å². The molecule has 6 nitrogen and oxygen atoms in total. The number of aryl methyl sites for hydroxylation is 1. The van der Waals surface area contributed by atoms with E-state index < -0.39 is 17.5 Å². The molecule has 6 heteroatoms. The van der Waals surface area contributed by atoms with Crippen LogP contribution < -0.4 is 0 Å². The third kappa shape index (κ3) is 4.95. The Morgan fingerprint density at radius 2 is 1.67 bits per heavy atom. The van der Waals surface area contributed by atoms with Crippen molar-refractivity contribution in [2.45, 2.75) is 65.7 Å². The number of rotatable bonds is 10. The van der Waals surface area contributed by atoms with E-state index in [0.717, 1.165) is 32.1 Å². The average Bonchev–Trinajstić information content (AvgIpc) is 2.82. The van der Waals surface area contributed by atoms with Crippen LogP contribution >= 0.6 is 0 Å². The van der Waals surface area contributed by atoms with E-state index in [1.54, 1.807) is 0 Å². The summed E-state index contributed by atoms with van der Waals surface area (Å²) in [4.78, 5) is 38.7. The lowest BCUT2D eigenvalue weighted by molar-refractivity contribution is 0.0504. The normalized spacial score (nSPS) is 13.4. The second-order valence-electron chi connectivity index (χ2n) is 8.66. The monoisotopic (exact) mass is 452 g/mol. The highest BCUT2D eigenvalue weighted by Gasteiger charge is 2.36. The first-order valence-corrected chi connectivity index (χ1v) is 11.8. The number of phenolic OH excluding ortho intramolecular Hbond substituents is 2. The molecule has 0 amide bonds. The van der Waals surface area contributed by atoms with E-state index in [1.165, 1.54) is 24.3 Å². The van der Waals surface area contributed by atoms with Gasteiger partial charge in [0.15, 0.2) is 11.6 Å². The van der Waals surface area contributed by atoms with Gasteiger partial charge in [-0.15, -0.1) is 0 Å². The summed E-state index contributed by atoms with van der Waals surface area (Å²) in [5.74, 6) is -1.81. The van der Waals surface area contributed by atoms with Gasteiger partial charge in [-0.05, 0) is 55.0 Å². The van der Waals surface area contributed by atoms with Crippen molar-refractivity contribution in [2.24, 2.45) is 5.92 Å². The highest BCUT2D eigenvalue weighted by Crippen LogP contribution is 2.41. The van der Waals surface area contributed by atoms with Crippen LogP contribution in [0.1, 0.15) is 107 Å². The zero-order valence-corrected chi connectivity index (χ0v) is 19.6. The molecular weight excluding hydrogens is 420 g/mol. The molecule has 0 spiro atoms. The Bertz CT molecular complexity index is 1070. The van der Waals surface area contributed by atoms with E-state index in [1.807, 2.05) is 6.92 Å². The van der Waals surface area contributed by atoms with Gasteiger partial charge in [0.1, 0.15) is 11.5 Å². The molecule has 2 aromatic carbocycles. The number of benzene rings is 2. The second-order valence-corrected chi connectivity index (χ2v) is 8.66. The van der Waals surface area contributed by atoms with Crippen molar-refractivity contribution < 1.29 is 29.3 Å². The fourth-order valence-corrected chi connectivity index (χ4v) is 4.36. The largest absolute Gasteiger partial charge is 0.507 e. The predicted octanol–water partition coefficient (Wildman–Crippen LogP) is 5.59. The van der Waals surface area contributed by atoms with Gasteiger partial charge in [0.2, 0.25) is 0 Å². The van der Waals surface area contributed by atoms with Crippen molar-refractivity contribution in [2.75, 3.05) is 6.61 Å². The standard InChI is InChI=1S/C27H32O6/c1-4-7-8-16(6-3)9-10-17-15-21(28)22-23(24(17)29)26(31)20-14-18(27(32)33-13-5-2)11-12-19(20)25(22)30/h11-12,14-16,28-29H,4-10,13H2,1-3H3. The van der Waals surface area contributed by atoms with Gasteiger partial charge in [-0.1, -0.05) is 46.5 Å². The van der Waals surface area contributed by atoms with Crippen LogP contribution in [0.3, 0.4) is 0 Å². The lowest BCUT2D eigenvalue weighted by Crippen LogP contribution is -2.22. The maximum absolute atomic E-state index is 13.3. The molecule has 0 radical (unpaired) electrons. The molecule has 1 aliphatic carbocycles. The van der Waals surface area contributed by atoms with Gasteiger partial charge in [-0.3, -0.25) is 9.59 Å². The Kier molecular flexibility index (Phi) is 7.90. The highest BCUT2D eigenvalue weighted by atomic mass is 16.5. The fraction of sp³-hybridized carbons (Fsp3) is 0.444. The highest BCUT2D eigenvalue weighted by molar-refractivity contribution is 6.30. The molecule has 0 heterocycles.